The van der Waals surface area contributed by atoms with Gasteiger partial charge in [0, 0.05) is 13.8 Å². The Labute approximate surface area is 134 Å². The zero-order valence-corrected chi connectivity index (χ0v) is 13.5. The second-order valence-electron chi connectivity index (χ2n) is 5.69. The van der Waals surface area contributed by atoms with E-state index in [1.165, 1.54) is 13.8 Å². The molecular formula is C14H26O9. The van der Waals surface area contributed by atoms with Crippen LogP contribution in [-0.2, 0) is 23.8 Å². The van der Waals surface area contributed by atoms with Gasteiger partial charge in [-0.1, -0.05) is 0 Å². The van der Waals surface area contributed by atoms with Crippen LogP contribution >= 0.6 is 0 Å². The Bertz CT molecular complexity index is 327. The Morgan fingerprint density at radius 1 is 0.696 bits per heavy atom. The van der Waals surface area contributed by atoms with E-state index in [4.69, 9.17) is 14.2 Å². The molecule has 0 spiro atoms. The van der Waals surface area contributed by atoms with Crippen LogP contribution in [0.2, 0.25) is 0 Å². The van der Waals surface area contributed by atoms with Crippen LogP contribution in [0.4, 0.5) is 0 Å². The summed E-state index contributed by atoms with van der Waals surface area (Å²) in [5, 5.41) is 37.6. The summed E-state index contributed by atoms with van der Waals surface area (Å²) in [4.78, 5) is 21.7. The van der Waals surface area contributed by atoms with E-state index in [1.54, 1.807) is 0 Å². The third-order valence-corrected chi connectivity index (χ3v) is 3.32. The molecule has 0 aromatic heterocycles. The van der Waals surface area contributed by atoms with E-state index in [2.05, 4.69) is 0 Å². The molecule has 0 aliphatic heterocycles. The van der Waals surface area contributed by atoms with Crippen molar-refractivity contribution in [2.24, 2.45) is 10.8 Å². The normalized spacial score (nSPS) is 12.1. The molecule has 0 fully saturated rings. The molecule has 136 valence electrons. The minimum absolute atomic E-state index is 0.185. The van der Waals surface area contributed by atoms with Crippen LogP contribution in [0.25, 0.3) is 0 Å². The molecule has 0 rings (SSSR count). The third kappa shape index (κ3) is 7.71. The first kappa shape index (κ1) is 21.7. The summed E-state index contributed by atoms with van der Waals surface area (Å²) in [7, 11) is 0. The number of aliphatic hydroxyl groups excluding tert-OH is 4. The smallest absolute Gasteiger partial charge is 0.302 e. The predicted molar refractivity (Wildman–Crippen MR) is 77.3 cm³/mol. The fourth-order valence-corrected chi connectivity index (χ4v) is 1.54. The highest BCUT2D eigenvalue weighted by Crippen LogP contribution is 2.21. The van der Waals surface area contributed by atoms with Crippen molar-refractivity contribution in [2.75, 3.05) is 52.9 Å². The largest absolute Gasteiger partial charge is 0.465 e. The average Bonchev–Trinajstić information content (AvgIpc) is 2.54. The summed E-state index contributed by atoms with van der Waals surface area (Å²) in [5.41, 5.74) is -2.41. The van der Waals surface area contributed by atoms with Crippen molar-refractivity contribution in [3.63, 3.8) is 0 Å². The van der Waals surface area contributed by atoms with Crippen molar-refractivity contribution in [1.82, 2.24) is 0 Å². The summed E-state index contributed by atoms with van der Waals surface area (Å²) < 4.78 is 15.0. The van der Waals surface area contributed by atoms with Gasteiger partial charge in [0.25, 0.3) is 0 Å². The molecule has 0 heterocycles. The van der Waals surface area contributed by atoms with E-state index in [1.807, 2.05) is 0 Å². The highest BCUT2D eigenvalue weighted by atomic mass is 16.5. The van der Waals surface area contributed by atoms with Gasteiger partial charge in [0.1, 0.15) is 13.2 Å². The molecule has 23 heavy (non-hydrogen) atoms. The maximum absolute atomic E-state index is 10.9. The van der Waals surface area contributed by atoms with Gasteiger partial charge in [0.2, 0.25) is 0 Å². The molecule has 9 nitrogen and oxygen atoms in total. The van der Waals surface area contributed by atoms with Gasteiger partial charge in [-0.15, -0.1) is 0 Å². The SMILES string of the molecule is CC(=O)OCC(CO)(CO)COCC(CO)(CO)COC(C)=O. The molecule has 9 heteroatoms. The van der Waals surface area contributed by atoms with Crippen molar-refractivity contribution in [2.45, 2.75) is 13.8 Å². The fourth-order valence-electron chi connectivity index (χ4n) is 1.54. The van der Waals surface area contributed by atoms with E-state index >= 15 is 0 Å². The summed E-state index contributed by atoms with van der Waals surface area (Å²) in [6, 6.07) is 0. The number of hydrogen-bond acceptors (Lipinski definition) is 9. The molecule has 0 aliphatic carbocycles. The Hall–Kier alpha value is -1.26. The topological polar surface area (TPSA) is 143 Å². The van der Waals surface area contributed by atoms with E-state index in [0.717, 1.165) is 0 Å². The Morgan fingerprint density at radius 3 is 1.22 bits per heavy atom. The molecule has 0 aromatic carbocycles. The van der Waals surface area contributed by atoms with Crippen LogP contribution < -0.4 is 0 Å². The van der Waals surface area contributed by atoms with E-state index in [9.17, 15) is 30.0 Å². The Balaban J connectivity index is 4.68. The van der Waals surface area contributed by atoms with Gasteiger partial charge >= 0.3 is 11.9 Å². The molecule has 0 atom stereocenters. The van der Waals surface area contributed by atoms with Crippen LogP contribution in [0, 0.1) is 10.8 Å². The quantitative estimate of drug-likeness (QED) is 0.299. The number of ether oxygens (including phenoxy) is 3. The lowest BCUT2D eigenvalue weighted by Gasteiger charge is -2.32. The first-order valence-electron chi connectivity index (χ1n) is 7.06. The van der Waals surface area contributed by atoms with Crippen molar-refractivity contribution < 1.29 is 44.2 Å². The lowest BCUT2D eigenvalue weighted by Crippen LogP contribution is -2.44. The van der Waals surface area contributed by atoms with Crippen LogP contribution in [-0.4, -0.2) is 85.2 Å². The maximum atomic E-state index is 10.9. The molecule has 0 radical (unpaired) electrons. The van der Waals surface area contributed by atoms with Crippen molar-refractivity contribution in [3.8, 4) is 0 Å². The second kappa shape index (κ2) is 10.5. The standard InChI is InChI=1S/C14H26O9/c1-11(19)22-9-13(3-15,4-16)7-21-8-14(5-17,6-18)10-23-12(2)20/h15-18H,3-10H2,1-2H3. The van der Waals surface area contributed by atoms with E-state index in [-0.39, 0.29) is 26.4 Å². The molecule has 0 unspecified atom stereocenters. The van der Waals surface area contributed by atoms with Gasteiger partial charge in [-0.25, -0.2) is 0 Å². The average molecular weight is 338 g/mol. The predicted octanol–water partition coefficient (Wildman–Crippen LogP) is -1.93. The van der Waals surface area contributed by atoms with Crippen LogP contribution in [0.3, 0.4) is 0 Å². The molecule has 0 amide bonds. The van der Waals surface area contributed by atoms with Gasteiger partial charge in [-0.2, -0.15) is 0 Å². The van der Waals surface area contributed by atoms with Crippen molar-refractivity contribution in [1.29, 1.82) is 0 Å². The lowest BCUT2D eigenvalue weighted by atomic mass is 9.90. The van der Waals surface area contributed by atoms with Crippen molar-refractivity contribution >= 4 is 11.9 Å². The van der Waals surface area contributed by atoms with Gasteiger partial charge in [-0.05, 0) is 0 Å². The maximum Gasteiger partial charge on any atom is 0.302 e. The molecule has 0 aliphatic rings. The number of carbonyl (C=O) groups is 2. The molecule has 4 N–H and O–H groups in total. The van der Waals surface area contributed by atoms with Crippen LogP contribution in [0.15, 0.2) is 0 Å². The highest BCUT2D eigenvalue weighted by Gasteiger charge is 2.35. The number of rotatable bonds is 12. The van der Waals surface area contributed by atoms with Crippen LogP contribution in [0.5, 0.6) is 0 Å². The Kier molecular flexibility index (Phi) is 9.93. The minimum atomic E-state index is -1.20. The minimum Gasteiger partial charge on any atom is -0.465 e. The summed E-state index contributed by atoms with van der Waals surface area (Å²) in [6.45, 7) is -0.445. The fraction of sp³-hybridized carbons (Fsp3) is 0.857. The number of aliphatic hydroxyl groups is 4. The third-order valence-electron chi connectivity index (χ3n) is 3.32. The number of esters is 2. The number of carbonyl (C=O) groups excluding carboxylic acids is 2. The Morgan fingerprint density at radius 2 is 1.00 bits per heavy atom. The van der Waals surface area contributed by atoms with Crippen molar-refractivity contribution in [3.05, 3.63) is 0 Å². The number of hydrogen-bond donors (Lipinski definition) is 4. The summed E-state index contributed by atoms with van der Waals surface area (Å²) >= 11 is 0. The second-order valence-corrected chi connectivity index (χ2v) is 5.69. The van der Waals surface area contributed by atoms with Gasteiger partial charge in [0.15, 0.2) is 0 Å². The van der Waals surface area contributed by atoms with E-state index in [0.29, 0.717) is 0 Å². The molecule has 0 bridgehead atoms. The van der Waals surface area contributed by atoms with Gasteiger partial charge in [-0.3, -0.25) is 9.59 Å². The zero-order chi connectivity index (χ0) is 17.9. The van der Waals surface area contributed by atoms with Gasteiger partial charge < -0.3 is 34.6 Å². The first-order chi connectivity index (χ1) is 10.8. The first-order valence-corrected chi connectivity index (χ1v) is 7.06. The van der Waals surface area contributed by atoms with Crippen LogP contribution in [0.1, 0.15) is 13.8 Å². The van der Waals surface area contributed by atoms with E-state index < -0.39 is 49.2 Å². The summed E-state index contributed by atoms with van der Waals surface area (Å²) in [5.74, 6) is -1.13. The lowest BCUT2D eigenvalue weighted by molar-refractivity contribution is -0.156. The molecule has 0 saturated carbocycles. The zero-order valence-electron chi connectivity index (χ0n) is 13.5. The monoisotopic (exact) mass is 338 g/mol. The molecule has 0 saturated heterocycles. The summed E-state index contributed by atoms with van der Waals surface area (Å²) in [6.07, 6.45) is 0. The molecule has 0 aromatic rings. The highest BCUT2D eigenvalue weighted by molar-refractivity contribution is 5.66. The van der Waals surface area contributed by atoms with Gasteiger partial charge in [0.05, 0.1) is 50.5 Å². The molecular weight excluding hydrogens is 312 g/mol.